The monoisotopic (exact) mass is 734 g/mol. The van der Waals surface area contributed by atoms with Gasteiger partial charge in [0, 0.05) is 25.7 Å². The van der Waals surface area contributed by atoms with E-state index >= 15 is 0 Å². The van der Waals surface area contributed by atoms with Gasteiger partial charge in [-0.1, -0.05) is 91.8 Å². The Morgan fingerprint density at radius 3 is 1.35 bits per heavy atom. The largest absolute Gasteiger partial charge is 0.394 e. The van der Waals surface area contributed by atoms with Gasteiger partial charge in [0.15, 0.2) is 5.79 Å². The first-order valence-corrected chi connectivity index (χ1v) is 20.6. The first-order valence-electron chi connectivity index (χ1n) is 17.9. The van der Waals surface area contributed by atoms with Crippen LogP contribution in [-0.2, 0) is 14.3 Å². The lowest BCUT2D eigenvalue weighted by Gasteiger charge is -2.55. The Labute approximate surface area is 306 Å². The number of rotatable bonds is 5. The second-order valence-electron chi connectivity index (χ2n) is 16.1. The van der Waals surface area contributed by atoms with Crippen LogP contribution in [0, 0.1) is 0 Å². The number of benzene rings is 2. The summed E-state index contributed by atoms with van der Waals surface area (Å²) in [6.07, 6.45) is 7.03. The molecule has 11 heteroatoms. The molecule has 0 atom stereocenters. The van der Waals surface area contributed by atoms with Gasteiger partial charge in [0.25, 0.3) is 0 Å². The van der Waals surface area contributed by atoms with Crippen LogP contribution in [0.1, 0.15) is 81.1 Å². The van der Waals surface area contributed by atoms with Crippen molar-refractivity contribution in [1.29, 1.82) is 0 Å². The van der Waals surface area contributed by atoms with Crippen LogP contribution < -0.4 is 10.9 Å². The van der Waals surface area contributed by atoms with Crippen molar-refractivity contribution in [3.05, 3.63) is 85.2 Å². The van der Waals surface area contributed by atoms with Gasteiger partial charge in [-0.25, -0.2) is 9.36 Å². The van der Waals surface area contributed by atoms with Crippen molar-refractivity contribution in [2.45, 2.75) is 107 Å². The molecule has 51 heavy (non-hydrogen) atoms. The van der Waals surface area contributed by atoms with Crippen molar-refractivity contribution in [3.63, 3.8) is 0 Å². The van der Waals surface area contributed by atoms with E-state index in [2.05, 4.69) is 123 Å². The quantitative estimate of drug-likeness (QED) is 0.214. The number of Topliss-reactive ketones (excluding diaryl/α,β-unsaturated/α-hetero) is 1. The van der Waals surface area contributed by atoms with Gasteiger partial charge in [0.05, 0.1) is 61.1 Å². The zero-order valence-electron chi connectivity index (χ0n) is 31.5. The Morgan fingerprint density at radius 1 is 0.608 bits per heavy atom. The van der Waals surface area contributed by atoms with Gasteiger partial charge < -0.3 is 19.7 Å². The minimum atomic E-state index is -0.508. The van der Waals surface area contributed by atoms with Crippen molar-refractivity contribution in [2.75, 3.05) is 26.4 Å². The molecule has 1 spiro atoms. The molecule has 2 aromatic heterocycles. The number of hydrogen-bond donors (Lipinski definition) is 2. The summed E-state index contributed by atoms with van der Waals surface area (Å²) in [4.78, 5) is 12.2. The van der Waals surface area contributed by atoms with Crippen molar-refractivity contribution >= 4 is 32.5 Å². The van der Waals surface area contributed by atoms with Crippen molar-refractivity contribution < 1.29 is 24.5 Å². The molecule has 3 saturated heterocycles. The van der Waals surface area contributed by atoms with E-state index in [9.17, 15) is 4.79 Å². The number of carbonyl (C=O) groups excluding carboxylic acids is 1. The smallest absolute Gasteiger partial charge is 0.170 e. The Kier molecular flexibility index (Phi) is 12.1. The second kappa shape index (κ2) is 15.7. The maximum Gasteiger partial charge on any atom is 0.170 e. The van der Waals surface area contributed by atoms with Crippen LogP contribution in [0.25, 0.3) is 11.4 Å². The highest BCUT2D eigenvalue weighted by Gasteiger charge is 2.57. The third-order valence-corrected chi connectivity index (χ3v) is 16.8. The lowest BCUT2D eigenvalue weighted by molar-refractivity contribution is -0.178. The number of ether oxygens (including phenoxy) is 2. The molecule has 3 aliphatic rings. The average molecular weight is 735 g/mol. The third kappa shape index (κ3) is 8.73. The Balaban J connectivity index is 0.000000180. The van der Waals surface area contributed by atoms with E-state index in [1.54, 1.807) is 0 Å². The van der Waals surface area contributed by atoms with Crippen LogP contribution >= 0.6 is 15.8 Å². The fourth-order valence-corrected chi connectivity index (χ4v) is 17.1. The van der Waals surface area contributed by atoms with E-state index in [1.807, 2.05) is 36.7 Å². The molecule has 0 radical (unpaired) electrons. The van der Waals surface area contributed by atoms with Gasteiger partial charge in [-0.2, -0.15) is 10.2 Å². The van der Waals surface area contributed by atoms with Gasteiger partial charge >= 0.3 is 0 Å². The minimum Gasteiger partial charge on any atom is -0.394 e. The zero-order valence-corrected chi connectivity index (χ0v) is 33.3. The Bertz CT molecular complexity index is 1690. The number of nitrogens with zero attached hydrogens (tertiary/aromatic N) is 4. The summed E-state index contributed by atoms with van der Waals surface area (Å²) in [6, 6.07) is 25.0. The van der Waals surface area contributed by atoms with Crippen molar-refractivity contribution in [1.82, 2.24) is 19.6 Å². The molecule has 9 nitrogen and oxygen atoms in total. The molecular weight excluding hydrogens is 678 g/mol. The Hall–Kier alpha value is -2.77. The lowest BCUT2D eigenvalue weighted by atomic mass is 9.91. The molecule has 3 fully saturated rings. The molecule has 2 N–H and O–H groups in total. The molecule has 4 aromatic rings. The van der Waals surface area contributed by atoms with Gasteiger partial charge in [0.2, 0.25) is 0 Å². The second-order valence-corrected chi connectivity index (χ2v) is 23.2. The van der Waals surface area contributed by atoms with Crippen molar-refractivity contribution in [3.8, 4) is 11.4 Å². The van der Waals surface area contributed by atoms with Crippen LogP contribution in [0.15, 0.2) is 85.2 Å². The van der Waals surface area contributed by atoms with E-state index in [0.29, 0.717) is 31.8 Å². The first kappa shape index (κ1) is 39.4. The summed E-state index contributed by atoms with van der Waals surface area (Å²) in [5.74, 6) is -0.0109. The molecular formula is C40H56N4O5P2. The van der Waals surface area contributed by atoms with Crippen LogP contribution in [0.5, 0.6) is 0 Å². The maximum atomic E-state index is 12.2. The number of aromatic nitrogens is 4. The number of carbonyl (C=O) groups is 1. The number of ketones is 1. The van der Waals surface area contributed by atoms with Gasteiger partial charge in [-0.15, -0.1) is 0 Å². The van der Waals surface area contributed by atoms with Crippen molar-refractivity contribution in [2.24, 2.45) is 0 Å². The third-order valence-electron chi connectivity index (χ3n) is 9.70. The SMILES string of the molecule is CC1(C)CC(=O)CC(C)(C)P1c1ccnn1-c1ccccc1.CC1(C)CC2(CC(C)(C)P1c1ccnn1-c1ccccc1)OCCO2.OCCO. The highest BCUT2D eigenvalue weighted by Crippen LogP contribution is 2.68. The fourth-order valence-electron chi connectivity index (χ4n) is 8.77. The predicted molar refractivity (Wildman–Crippen MR) is 209 cm³/mol. The molecule has 2 aromatic carbocycles. The Morgan fingerprint density at radius 2 is 0.980 bits per heavy atom. The molecule has 3 aliphatic heterocycles. The standard InChI is InChI=1S/C20H27N2O2P.C18H23N2OP.C2H6O2/c1-18(2)14-20(23-12-13-24-20)15-19(3,4)25(18)17-10-11-21-22(17)16-8-6-5-7-9-16;1-17(2)12-15(21)13-18(3,4)22(17)16-10-11-19-20(16)14-8-6-5-7-9-14;3-1-2-4/h5-11H,12-15H2,1-4H3;5-11H,12-13H2,1-4H3;3-4H,1-2H2. The van der Waals surface area contributed by atoms with Crippen LogP contribution in [0.4, 0.5) is 0 Å². The number of aliphatic hydroxyl groups is 2. The minimum absolute atomic E-state index is 0.000725. The van der Waals surface area contributed by atoms with Gasteiger partial charge in [-0.3, -0.25) is 4.79 Å². The lowest BCUT2D eigenvalue weighted by Crippen LogP contribution is -2.53. The number of aliphatic hydroxyl groups excluding tert-OH is 2. The summed E-state index contributed by atoms with van der Waals surface area (Å²) in [6.45, 7) is 19.6. The summed E-state index contributed by atoms with van der Waals surface area (Å²) in [7, 11) is -0.970. The first-order chi connectivity index (χ1) is 24.1. The fraction of sp³-hybridized carbons (Fsp3) is 0.525. The van der Waals surface area contributed by atoms with E-state index in [4.69, 9.17) is 19.7 Å². The maximum absolute atomic E-state index is 12.2. The van der Waals surface area contributed by atoms with Gasteiger partial charge in [-0.05, 0) is 72.9 Å². The molecule has 276 valence electrons. The van der Waals surface area contributed by atoms with Crippen LogP contribution in [0.2, 0.25) is 0 Å². The summed E-state index contributed by atoms with van der Waals surface area (Å²) >= 11 is 0. The van der Waals surface area contributed by atoms with E-state index in [1.165, 1.54) is 10.9 Å². The molecule has 0 amide bonds. The zero-order chi connectivity index (χ0) is 37.1. The van der Waals surface area contributed by atoms with Gasteiger partial charge in [0.1, 0.15) is 5.78 Å². The molecule has 7 rings (SSSR count). The topological polar surface area (TPSA) is 112 Å². The summed E-state index contributed by atoms with van der Waals surface area (Å²) in [5, 5.41) is 24.7. The van der Waals surface area contributed by atoms with E-state index in [0.717, 1.165) is 24.2 Å². The highest BCUT2D eigenvalue weighted by atomic mass is 31.1. The van der Waals surface area contributed by atoms with Crippen LogP contribution in [0.3, 0.4) is 0 Å². The predicted octanol–water partition coefficient (Wildman–Crippen LogP) is 6.94. The number of hydrogen-bond acceptors (Lipinski definition) is 7. The van der Waals surface area contributed by atoms with Crippen LogP contribution in [-0.4, -0.2) is 88.4 Å². The molecule has 0 aliphatic carbocycles. The number of para-hydroxylation sites is 2. The molecule has 0 saturated carbocycles. The molecule has 0 unspecified atom stereocenters. The molecule has 0 bridgehead atoms. The normalized spacial score (nSPS) is 21.7. The average Bonchev–Trinajstić information content (AvgIpc) is 3.82. The summed E-state index contributed by atoms with van der Waals surface area (Å²) in [5.41, 5.74) is 4.83. The molecule has 5 heterocycles. The summed E-state index contributed by atoms with van der Waals surface area (Å²) < 4.78 is 16.4. The van der Waals surface area contributed by atoms with E-state index in [-0.39, 0.29) is 33.8 Å². The van der Waals surface area contributed by atoms with E-state index < -0.39 is 21.6 Å². The highest BCUT2D eigenvalue weighted by molar-refractivity contribution is 7.69.